The third kappa shape index (κ3) is 4.05. The molecule has 0 saturated carbocycles. The highest BCUT2D eigenvalue weighted by atomic mass is 19.4. The molecule has 0 amide bonds. The fraction of sp³-hybridized carbons (Fsp3) is 0.500. The second-order valence-corrected chi connectivity index (χ2v) is 2.44. The van der Waals surface area contributed by atoms with E-state index in [1.54, 1.807) is 6.92 Å². The van der Waals surface area contributed by atoms with E-state index < -0.39 is 11.7 Å². The van der Waals surface area contributed by atoms with Crippen LogP contribution in [0.5, 0.6) is 0 Å². The largest absolute Gasteiger partial charge is 0.412 e. The van der Waals surface area contributed by atoms with Gasteiger partial charge >= 0.3 is 6.18 Å². The lowest BCUT2D eigenvalue weighted by Crippen LogP contribution is -2.08. The summed E-state index contributed by atoms with van der Waals surface area (Å²) in [5.41, 5.74) is 5.12. The highest BCUT2D eigenvalue weighted by Gasteiger charge is 2.29. The molecular weight excluding hydrogens is 167 g/mol. The van der Waals surface area contributed by atoms with Crippen molar-refractivity contribution in [1.82, 2.24) is 0 Å². The van der Waals surface area contributed by atoms with Crippen LogP contribution in [-0.4, -0.2) is 6.18 Å². The quantitative estimate of drug-likeness (QED) is 0.648. The van der Waals surface area contributed by atoms with Crippen LogP contribution in [0.15, 0.2) is 23.4 Å². The molecule has 4 heteroatoms. The van der Waals surface area contributed by atoms with E-state index in [0.717, 1.165) is 13.0 Å². The summed E-state index contributed by atoms with van der Waals surface area (Å²) in [6.45, 7) is 2.79. The van der Waals surface area contributed by atoms with E-state index in [9.17, 15) is 13.2 Å². The maximum Gasteiger partial charge on any atom is 0.412 e. The molecule has 0 rings (SSSR count). The van der Waals surface area contributed by atoms with E-state index in [0.29, 0.717) is 12.1 Å². The summed E-state index contributed by atoms with van der Waals surface area (Å²) in [4.78, 5) is 0. The van der Waals surface area contributed by atoms with Gasteiger partial charge in [-0.1, -0.05) is 13.0 Å². The number of halogens is 3. The van der Waals surface area contributed by atoms with Crippen LogP contribution in [0.2, 0.25) is 0 Å². The second kappa shape index (κ2) is 4.18. The summed E-state index contributed by atoms with van der Waals surface area (Å²) in [6, 6.07) is 0. The van der Waals surface area contributed by atoms with Gasteiger partial charge in [-0.2, -0.15) is 13.2 Å². The van der Waals surface area contributed by atoms with Gasteiger partial charge < -0.3 is 5.73 Å². The zero-order valence-corrected chi connectivity index (χ0v) is 7.07. The SMILES string of the molecule is CC/C(N)=C\C=C(/C)C(F)(F)F. The Morgan fingerprint density at radius 3 is 2.17 bits per heavy atom. The zero-order chi connectivity index (χ0) is 9.78. The third-order valence-corrected chi connectivity index (χ3v) is 1.40. The smallest absolute Gasteiger partial charge is 0.402 e. The van der Waals surface area contributed by atoms with Crippen LogP contribution < -0.4 is 5.73 Å². The van der Waals surface area contributed by atoms with Crippen molar-refractivity contribution in [3.63, 3.8) is 0 Å². The van der Waals surface area contributed by atoms with Crippen LogP contribution in [0, 0.1) is 0 Å². The number of rotatable bonds is 2. The minimum Gasteiger partial charge on any atom is -0.402 e. The fourth-order valence-corrected chi connectivity index (χ4v) is 0.444. The van der Waals surface area contributed by atoms with Gasteiger partial charge in [0.15, 0.2) is 0 Å². The van der Waals surface area contributed by atoms with E-state index in [2.05, 4.69) is 0 Å². The molecular formula is C8H12F3N. The van der Waals surface area contributed by atoms with Gasteiger partial charge in [-0.25, -0.2) is 0 Å². The molecule has 12 heavy (non-hydrogen) atoms. The van der Waals surface area contributed by atoms with E-state index in [-0.39, 0.29) is 0 Å². The first-order valence-corrected chi connectivity index (χ1v) is 3.58. The number of allylic oxidation sites excluding steroid dienone is 4. The summed E-state index contributed by atoms with van der Waals surface area (Å²) < 4.78 is 35.6. The van der Waals surface area contributed by atoms with E-state index >= 15 is 0 Å². The Morgan fingerprint density at radius 1 is 1.33 bits per heavy atom. The predicted molar refractivity (Wildman–Crippen MR) is 42.4 cm³/mol. The lowest BCUT2D eigenvalue weighted by molar-refractivity contribution is -0.0912. The third-order valence-electron chi connectivity index (χ3n) is 1.40. The van der Waals surface area contributed by atoms with E-state index in [1.165, 1.54) is 6.08 Å². The summed E-state index contributed by atoms with van der Waals surface area (Å²) in [5, 5.41) is 0. The molecule has 0 spiro atoms. The average Bonchev–Trinajstić information content (AvgIpc) is 1.97. The van der Waals surface area contributed by atoms with Crippen LogP contribution in [0.25, 0.3) is 0 Å². The first-order valence-electron chi connectivity index (χ1n) is 3.58. The van der Waals surface area contributed by atoms with Crippen molar-refractivity contribution in [2.75, 3.05) is 0 Å². The number of nitrogens with two attached hydrogens (primary N) is 1. The second-order valence-electron chi connectivity index (χ2n) is 2.44. The van der Waals surface area contributed by atoms with Crippen molar-refractivity contribution in [2.24, 2.45) is 5.73 Å². The van der Waals surface area contributed by atoms with Crippen molar-refractivity contribution < 1.29 is 13.2 Å². The standard InChI is InChI=1S/C8H12F3N/c1-3-7(12)5-4-6(2)8(9,10)11/h4-5H,3,12H2,1-2H3/b6-4+,7-5+. The summed E-state index contributed by atoms with van der Waals surface area (Å²) >= 11 is 0. The number of hydrogen-bond donors (Lipinski definition) is 1. The Hall–Kier alpha value is -0.930. The first kappa shape index (κ1) is 11.1. The molecule has 0 aliphatic rings. The molecule has 0 heterocycles. The number of hydrogen-bond acceptors (Lipinski definition) is 1. The fourth-order valence-electron chi connectivity index (χ4n) is 0.444. The molecule has 0 aromatic rings. The Bertz CT molecular complexity index is 201. The lowest BCUT2D eigenvalue weighted by Gasteiger charge is -2.04. The maximum atomic E-state index is 11.9. The molecule has 0 aliphatic carbocycles. The monoisotopic (exact) mass is 179 g/mol. The molecule has 2 N–H and O–H groups in total. The van der Waals surface area contributed by atoms with Gasteiger partial charge in [-0.3, -0.25) is 0 Å². The highest BCUT2D eigenvalue weighted by Crippen LogP contribution is 2.24. The molecule has 0 fully saturated rings. The molecule has 0 bridgehead atoms. The van der Waals surface area contributed by atoms with Crippen molar-refractivity contribution in [1.29, 1.82) is 0 Å². The van der Waals surface area contributed by atoms with Gasteiger partial charge in [-0.15, -0.1) is 0 Å². The topological polar surface area (TPSA) is 26.0 Å². The summed E-state index contributed by atoms with van der Waals surface area (Å²) in [6.07, 6.45) is -1.42. The molecule has 0 unspecified atom stereocenters. The highest BCUT2D eigenvalue weighted by molar-refractivity contribution is 5.17. The Labute approximate surface area is 69.8 Å². The molecule has 0 aromatic heterocycles. The predicted octanol–water partition coefficient (Wildman–Crippen LogP) is 2.75. The zero-order valence-electron chi connectivity index (χ0n) is 7.07. The molecule has 0 aliphatic heterocycles. The van der Waals surface area contributed by atoms with Crippen LogP contribution in [0.3, 0.4) is 0 Å². The van der Waals surface area contributed by atoms with Crippen LogP contribution in [0.4, 0.5) is 13.2 Å². The summed E-state index contributed by atoms with van der Waals surface area (Å²) in [5.74, 6) is 0. The van der Waals surface area contributed by atoms with E-state index in [1.807, 2.05) is 0 Å². The molecule has 0 atom stereocenters. The normalized spacial score (nSPS) is 15.1. The van der Waals surface area contributed by atoms with Gasteiger partial charge in [0.1, 0.15) is 0 Å². The first-order chi connectivity index (χ1) is 5.38. The maximum absolute atomic E-state index is 11.9. The van der Waals surface area contributed by atoms with Gasteiger partial charge in [0.2, 0.25) is 0 Å². The Balaban J connectivity index is 4.39. The van der Waals surface area contributed by atoms with Crippen LogP contribution >= 0.6 is 0 Å². The average molecular weight is 179 g/mol. The van der Waals surface area contributed by atoms with Crippen LogP contribution in [-0.2, 0) is 0 Å². The number of alkyl halides is 3. The molecule has 0 saturated heterocycles. The minimum atomic E-state index is -4.25. The minimum absolute atomic E-state index is 0.443. The van der Waals surface area contributed by atoms with Gasteiger partial charge in [0.05, 0.1) is 0 Å². The van der Waals surface area contributed by atoms with Crippen molar-refractivity contribution in [3.05, 3.63) is 23.4 Å². The lowest BCUT2D eigenvalue weighted by atomic mass is 10.2. The van der Waals surface area contributed by atoms with Gasteiger partial charge in [0.25, 0.3) is 0 Å². The Kier molecular flexibility index (Phi) is 3.86. The van der Waals surface area contributed by atoms with Crippen molar-refractivity contribution in [2.45, 2.75) is 26.4 Å². The molecule has 1 nitrogen and oxygen atoms in total. The summed E-state index contributed by atoms with van der Waals surface area (Å²) in [7, 11) is 0. The van der Waals surface area contributed by atoms with E-state index in [4.69, 9.17) is 5.73 Å². The Morgan fingerprint density at radius 2 is 1.83 bits per heavy atom. The van der Waals surface area contributed by atoms with Gasteiger partial charge in [-0.05, 0) is 19.4 Å². The molecule has 70 valence electrons. The van der Waals surface area contributed by atoms with Crippen molar-refractivity contribution >= 4 is 0 Å². The molecule has 0 radical (unpaired) electrons. The van der Waals surface area contributed by atoms with Crippen molar-refractivity contribution in [3.8, 4) is 0 Å². The van der Waals surface area contributed by atoms with Crippen LogP contribution in [0.1, 0.15) is 20.3 Å². The molecule has 0 aromatic carbocycles. The van der Waals surface area contributed by atoms with Gasteiger partial charge in [0, 0.05) is 11.3 Å².